The van der Waals surface area contributed by atoms with Gasteiger partial charge in [0.15, 0.2) is 0 Å². The van der Waals surface area contributed by atoms with E-state index in [4.69, 9.17) is 9.90 Å². The maximum Gasteiger partial charge on any atom is 0.490 e. The summed E-state index contributed by atoms with van der Waals surface area (Å²) in [6, 6.07) is 6.39. The zero-order valence-corrected chi connectivity index (χ0v) is 14.0. The Balaban J connectivity index is 0.000000298. The van der Waals surface area contributed by atoms with Gasteiger partial charge in [0.05, 0.1) is 0 Å². The number of amides is 1. The smallest absolute Gasteiger partial charge is 0.475 e. The minimum absolute atomic E-state index is 0.0359. The largest absolute Gasteiger partial charge is 0.490 e. The Morgan fingerprint density at radius 3 is 2.19 bits per heavy atom. The zero-order chi connectivity index (χ0) is 19.3. The summed E-state index contributed by atoms with van der Waals surface area (Å²) < 4.78 is 44.6. The Hall–Kier alpha value is -2.16. The monoisotopic (exact) mass is 376 g/mol. The van der Waals surface area contributed by atoms with E-state index in [1.807, 2.05) is 4.90 Å². The van der Waals surface area contributed by atoms with Crippen molar-refractivity contribution in [1.29, 1.82) is 0 Å². The van der Waals surface area contributed by atoms with E-state index in [1.165, 1.54) is 31.5 Å². The topological polar surface area (TPSA) is 60.9 Å². The quantitative estimate of drug-likeness (QED) is 0.766. The molecular weight excluding hydrogens is 356 g/mol. The zero-order valence-electron chi connectivity index (χ0n) is 14.0. The molecule has 2 heterocycles. The van der Waals surface area contributed by atoms with E-state index < -0.39 is 12.1 Å². The highest BCUT2D eigenvalue weighted by molar-refractivity contribution is 5.94. The predicted octanol–water partition coefficient (Wildman–Crippen LogP) is 2.77. The normalized spacial score (nSPS) is 20.6. The molecule has 1 aromatic rings. The van der Waals surface area contributed by atoms with Gasteiger partial charge in [-0.3, -0.25) is 9.69 Å². The fourth-order valence-electron chi connectivity index (χ4n) is 3.17. The molecule has 2 fully saturated rings. The van der Waals surface area contributed by atoms with E-state index in [2.05, 4.69) is 4.90 Å². The van der Waals surface area contributed by atoms with E-state index in [9.17, 15) is 22.4 Å². The first-order chi connectivity index (χ1) is 12.2. The summed E-state index contributed by atoms with van der Waals surface area (Å²) in [5.41, 5.74) is 0.591. The number of carbonyl (C=O) groups excluding carboxylic acids is 1. The van der Waals surface area contributed by atoms with Gasteiger partial charge in [0.1, 0.15) is 5.82 Å². The lowest BCUT2D eigenvalue weighted by Gasteiger charge is -2.25. The lowest BCUT2D eigenvalue weighted by atomic mass is 10.1. The summed E-state index contributed by atoms with van der Waals surface area (Å²) in [5.74, 6) is -3.02. The maximum atomic E-state index is 12.9. The molecule has 0 aliphatic carbocycles. The van der Waals surface area contributed by atoms with Gasteiger partial charge in [0.25, 0.3) is 5.91 Å². The van der Waals surface area contributed by atoms with Gasteiger partial charge in [-0.15, -0.1) is 0 Å². The minimum atomic E-state index is -5.08. The summed E-state index contributed by atoms with van der Waals surface area (Å²) in [5, 5.41) is 7.12. The number of rotatable bonds is 1. The molecule has 9 heteroatoms. The molecule has 144 valence electrons. The molecule has 1 unspecified atom stereocenters. The Morgan fingerprint density at radius 2 is 1.62 bits per heavy atom. The third-order valence-electron chi connectivity index (χ3n) is 4.42. The summed E-state index contributed by atoms with van der Waals surface area (Å²) >= 11 is 0. The highest BCUT2D eigenvalue weighted by Gasteiger charge is 2.38. The lowest BCUT2D eigenvalue weighted by Crippen LogP contribution is -2.39. The number of alkyl halides is 3. The van der Waals surface area contributed by atoms with Gasteiger partial charge in [0.2, 0.25) is 0 Å². The SMILES string of the molecule is O=C(O)C(F)(F)F.O=C(c1ccc(F)cc1)N1CCCN2CCCC2C1. The molecule has 1 atom stereocenters. The van der Waals surface area contributed by atoms with Crippen molar-refractivity contribution in [3.8, 4) is 0 Å². The van der Waals surface area contributed by atoms with Gasteiger partial charge in [-0.25, -0.2) is 9.18 Å². The van der Waals surface area contributed by atoms with Crippen molar-refractivity contribution in [2.45, 2.75) is 31.5 Å². The maximum absolute atomic E-state index is 12.9. The summed E-state index contributed by atoms with van der Waals surface area (Å²) in [4.78, 5) is 25.8. The molecule has 2 aliphatic heterocycles. The van der Waals surface area contributed by atoms with Crippen LogP contribution in [0.25, 0.3) is 0 Å². The Kier molecular flexibility index (Phi) is 6.57. The third kappa shape index (κ3) is 5.42. The van der Waals surface area contributed by atoms with Crippen LogP contribution in [0.15, 0.2) is 24.3 Å². The molecule has 1 amide bonds. The van der Waals surface area contributed by atoms with E-state index in [0.29, 0.717) is 11.6 Å². The van der Waals surface area contributed by atoms with Crippen LogP contribution >= 0.6 is 0 Å². The predicted molar refractivity (Wildman–Crippen MR) is 85.2 cm³/mol. The molecular formula is C17H20F4N2O3. The number of carboxylic acid groups (broad SMARTS) is 1. The van der Waals surface area contributed by atoms with Crippen LogP contribution in [0.3, 0.4) is 0 Å². The number of benzene rings is 1. The molecule has 0 aromatic heterocycles. The van der Waals surface area contributed by atoms with Crippen molar-refractivity contribution in [3.63, 3.8) is 0 Å². The third-order valence-corrected chi connectivity index (χ3v) is 4.42. The Morgan fingerprint density at radius 1 is 1.04 bits per heavy atom. The van der Waals surface area contributed by atoms with Crippen molar-refractivity contribution < 1.29 is 32.3 Å². The summed E-state index contributed by atoms with van der Waals surface area (Å²) in [6.45, 7) is 3.89. The van der Waals surface area contributed by atoms with E-state index >= 15 is 0 Å². The minimum Gasteiger partial charge on any atom is -0.475 e. The number of hydrogen-bond donors (Lipinski definition) is 1. The molecule has 1 N–H and O–H groups in total. The fraction of sp³-hybridized carbons (Fsp3) is 0.529. The fourth-order valence-corrected chi connectivity index (χ4v) is 3.17. The first kappa shape index (κ1) is 20.2. The molecule has 1 aromatic carbocycles. The molecule has 2 aliphatic rings. The van der Waals surface area contributed by atoms with Gasteiger partial charge in [0, 0.05) is 31.2 Å². The average molecular weight is 376 g/mol. The van der Waals surface area contributed by atoms with Crippen molar-refractivity contribution in [2.24, 2.45) is 0 Å². The summed E-state index contributed by atoms with van der Waals surface area (Å²) in [6.07, 6.45) is -1.63. The number of nitrogens with zero attached hydrogens (tertiary/aromatic N) is 2. The number of halogens is 4. The van der Waals surface area contributed by atoms with Gasteiger partial charge in [-0.05, 0) is 50.1 Å². The molecule has 0 spiro atoms. The molecule has 5 nitrogen and oxygen atoms in total. The molecule has 26 heavy (non-hydrogen) atoms. The second-order valence-corrected chi connectivity index (χ2v) is 6.25. The highest BCUT2D eigenvalue weighted by Crippen LogP contribution is 2.22. The van der Waals surface area contributed by atoms with Gasteiger partial charge >= 0.3 is 12.1 Å². The molecule has 0 bridgehead atoms. The number of carboxylic acids is 1. The standard InChI is InChI=1S/C15H19FN2O.C2HF3O2/c16-13-6-4-12(5-7-13)15(19)18-10-2-9-17-8-1-3-14(17)11-18;3-2(4,5)1(6)7/h4-7,14H,1-3,8-11H2;(H,6,7). The van der Waals surface area contributed by atoms with Crippen LogP contribution in [0.1, 0.15) is 29.6 Å². The van der Waals surface area contributed by atoms with Crippen LogP contribution < -0.4 is 0 Å². The summed E-state index contributed by atoms with van der Waals surface area (Å²) in [7, 11) is 0. The van der Waals surface area contributed by atoms with Crippen LogP contribution in [0, 0.1) is 5.82 Å². The van der Waals surface area contributed by atoms with Crippen LogP contribution in [0.5, 0.6) is 0 Å². The highest BCUT2D eigenvalue weighted by atomic mass is 19.4. The Labute approximate surface area is 148 Å². The second-order valence-electron chi connectivity index (χ2n) is 6.25. The van der Waals surface area contributed by atoms with Crippen LogP contribution in [0.2, 0.25) is 0 Å². The van der Waals surface area contributed by atoms with Crippen molar-refractivity contribution in [2.75, 3.05) is 26.2 Å². The first-order valence-electron chi connectivity index (χ1n) is 8.27. The second kappa shape index (κ2) is 8.48. The van der Waals surface area contributed by atoms with Crippen LogP contribution in [-0.2, 0) is 4.79 Å². The van der Waals surface area contributed by atoms with Crippen molar-refractivity contribution >= 4 is 11.9 Å². The lowest BCUT2D eigenvalue weighted by molar-refractivity contribution is -0.192. The average Bonchev–Trinajstić information content (AvgIpc) is 2.91. The number of carbonyl (C=O) groups is 2. The van der Waals surface area contributed by atoms with Crippen LogP contribution in [0.4, 0.5) is 17.6 Å². The number of fused-ring (bicyclic) bond motifs is 1. The van der Waals surface area contributed by atoms with Crippen molar-refractivity contribution in [1.82, 2.24) is 9.80 Å². The van der Waals surface area contributed by atoms with Gasteiger partial charge in [-0.1, -0.05) is 0 Å². The van der Waals surface area contributed by atoms with Gasteiger partial charge < -0.3 is 10.0 Å². The molecule has 0 radical (unpaired) electrons. The van der Waals surface area contributed by atoms with Crippen LogP contribution in [-0.4, -0.2) is 65.2 Å². The number of aliphatic carboxylic acids is 1. The van der Waals surface area contributed by atoms with E-state index in [0.717, 1.165) is 26.1 Å². The number of hydrogen-bond acceptors (Lipinski definition) is 3. The van der Waals surface area contributed by atoms with Crippen molar-refractivity contribution in [3.05, 3.63) is 35.6 Å². The van der Waals surface area contributed by atoms with E-state index in [-0.39, 0.29) is 11.7 Å². The Bertz CT molecular complexity index is 634. The van der Waals surface area contributed by atoms with Gasteiger partial charge in [-0.2, -0.15) is 13.2 Å². The first-order valence-corrected chi connectivity index (χ1v) is 8.27. The molecule has 3 rings (SSSR count). The molecule has 2 saturated heterocycles. The van der Waals surface area contributed by atoms with E-state index in [1.54, 1.807) is 12.1 Å². The molecule has 0 saturated carbocycles.